The number of aromatic nitrogens is 1. The molecule has 1 aromatic rings. The van der Waals surface area contributed by atoms with E-state index in [1.165, 1.54) is 17.1 Å². The quantitative estimate of drug-likeness (QED) is 0.145. The fourth-order valence-electron chi connectivity index (χ4n) is 5.83. The molecule has 2 amide bonds. The predicted molar refractivity (Wildman–Crippen MR) is 187 cm³/mol. The second-order valence-electron chi connectivity index (χ2n) is 16.0. The lowest BCUT2D eigenvalue weighted by Crippen LogP contribution is -2.50. The average Bonchev–Trinajstić information content (AvgIpc) is 3.25. The number of amides is 2. The molecule has 0 spiro atoms. The third kappa shape index (κ3) is 15.1. The Morgan fingerprint density at radius 1 is 0.700 bits per heavy atom. The van der Waals surface area contributed by atoms with Gasteiger partial charge in [0.05, 0.1) is 31.0 Å². The summed E-state index contributed by atoms with van der Waals surface area (Å²) < 4.78 is 17.1. The number of imide groups is 1. The van der Waals surface area contributed by atoms with Crippen LogP contribution in [0.15, 0.2) is 30.4 Å². The smallest absolute Gasteiger partial charge is 0.320 e. The Kier molecular flexibility index (Phi) is 14.3. The second kappa shape index (κ2) is 17.5. The number of carbonyl (C=O) groups is 5. The van der Waals surface area contributed by atoms with Crippen molar-refractivity contribution >= 4 is 29.7 Å². The number of nitrogens with zero attached hydrogens (tertiary/aromatic N) is 5. The highest BCUT2D eigenvalue weighted by molar-refractivity contribution is 6.12. The molecule has 0 N–H and O–H groups in total. The van der Waals surface area contributed by atoms with E-state index in [0.29, 0.717) is 52.0 Å². The number of pyridine rings is 1. The van der Waals surface area contributed by atoms with Crippen LogP contribution in [0.25, 0.3) is 0 Å². The van der Waals surface area contributed by atoms with Gasteiger partial charge in [0, 0.05) is 57.5 Å². The number of ether oxygens (including phenoxy) is 3. The molecule has 2 bridgehead atoms. The van der Waals surface area contributed by atoms with E-state index in [9.17, 15) is 24.0 Å². The molecular formula is C37H57N5O8. The van der Waals surface area contributed by atoms with Gasteiger partial charge in [-0.3, -0.25) is 48.6 Å². The van der Waals surface area contributed by atoms with Crippen LogP contribution in [0.4, 0.5) is 0 Å². The van der Waals surface area contributed by atoms with Crippen molar-refractivity contribution in [3.8, 4) is 0 Å². The molecule has 1 atom stereocenters. The molecule has 0 saturated carbocycles. The summed E-state index contributed by atoms with van der Waals surface area (Å²) in [5, 5.41) is 0. The average molecular weight is 700 g/mol. The van der Waals surface area contributed by atoms with E-state index in [-0.39, 0.29) is 61.9 Å². The number of hydrogen-bond acceptors (Lipinski definition) is 12. The van der Waals surface area contributed by atoms with Crippen LogP contribution in [-0.4, -0.2) is 123 Å². The fourth-order valence-corrected chi connectivity index (χ4v) is 5.83. The van der Waals surface area contributed by atoms with Gasteiger partial charge in [-0.15, -0.1) is 0 Å². The summed E-state index contributed by atoms with van der Waals surface area (Å²) in [5.74, 6) is -1.76. The predicted octanol–water partition coefficient (Wildman–Crippen LogP) is 3.49. The van der Waals surface area contributed by atoms with E-state index < -0.39 is 16.8 Å². The molecule has 0 radical (unpaired) electrons. The minimum atomic E-state index is -0.680. The Bertz CT molecular complexity index is 1370. The Balaban J connectivity index is 1.96. The van der Waals surface area contributed by atoms with Gasteiger partial charge in [0.1, 0.15) is 16.8 Å². The van der Waals surface area contributed by atoms with Crippen molar-refractivity contribution in [1.82, 2.24) is 24.6 Å². The highest BCUT2D eigenvalue weighted by Gasteiger charge is 2.30. The van der Waals surface area contributed by atoms with Gasteiger partial charge in [0.2, 0.25) is 0 Å². The Morgan fingerprint density at radius 2 is 1.18 bits per heavy atom. The topological polar surface area (TPSA) is 139 Å². The number of hydrogen-bond donors (Lipinski definition) is 0. The molecule has 0 aromatic carbocycles. The Morgan fingerprint density at radius 3 is 1.72 bits per heavy atom. The minimum Gasteiger partial charge on any atom is -0.459 e. The van der Waals surface area contributed by atoms with E-state index in [1.54, 1.807) is 0 Å². The summed E-state index contributed by atoms with van der Waals surface area (Å²) in [5.41, 5.74) is -0.497. The molecule has 3 rings (SSSR count). The van der Waals surface area contributed by atoms with Crippen LogP contribution in [0.3, 0.4) is 0 Å². The monoisotopic (exact) mass is 699 g/mol. The summed E-state index contributed by atoms with van der Waals surface area (Å²) in [4.78, 5) is 75.9. The first kappa shape index (κ1) is 40.7. The summed E-state index contributed by atoms with van der Waals surface area (Å²) in [6.07, 6.45) is 4.36. The molecule has 50 heavy (non-hydrogen) atoms. The number of carbonyl (C=O) groups excluding carboxylic acids is 5. The van der Waals surface area contributed by atoms with Gasteiger partial charge in [-0.05, 0) is 87.3 Å². The highest BCUT2D eigenvalue weighted by Crippen LogP contribution is 2.20. The third-order valence-corrected chi connectivity index (χ3v) is 7.70. The first-order valence-electron chi connectivity index (χ1n) is 17.5. The van der Waals surface area contributed by atoms with Crippen LogP contribution in [0.5, 0.6) is 0 Å². The lowest BCUT2D eigenvalue weighted by molar-refractivity contribution is -0.159. The minimum absolute atomic E-state index is 0.000319. The van der Waals surface area contributed by atoms with Crippen LogP contribution < -0.4 is 0 Å². The molecule has 278 valence electrons. The maximum atomic E-state index is 13.3. The van der Waals surface area contributed by atoms with Crippen LogP contribution >= 0.6 is 0 Å². The lowest BCUT2D eigenvalue weighted by Gasteiger charge is -2.37. The SMILES string of the molecule is CC(C)(C)OC(=O)CN1CCN(CC(=O)OC(C)(C)C)CC(CCCCN2C(=O)C=CC2=O)N(CC(=O)OC(C)(C)C)Cc2cccc(n2)C1. The zero-order valence-corrected chi connectivity index (χ0v) is 31.5. The van der Waals surface area contributed by atoms with Crippen LogP contribution in [-0.2, 0) is 51.3 Å². The van der Waals surface area contributed by atoms with Crippen molar-refractivity contribution < 1.29 is 38.2 Å². The number of unbranched alkanes of at least 4 members (excludes halogenated alkanes) is 1. The molecule has 3 heterocycles. The van der Waals surface area contributed by atoms with Gasteiger partial charge in [-0.1, -0.05) is 12.5 Å². The largest absolute Gasteiger partial charge is 0.459 e. The molecule has 1 aromatic heterocycles. The van der Waals surface area contributed by atoms with Crippen molar-refractivity contribution in [2.45, 2.75) is 118 Å². The standard InChI is InChI=1S/C37H57N5O8/c1-35(2,3)48-32(45)24-39-19-20-40(25-33(46)49-36(4,5)6)23-29(15-10-11-18-42-30(43)16-17-31(42)44)41(26-34(47)50-37(7,8)9)22-28-14-12-13-27(21-39)38-28/h12-14,16-17,29H,10-11,15,18-26H2,1-9H3. The normalized spacial score (nSPS) is 18.8. The summed E-state index contributed by atoms with van der Waals surface area (Å²) in [6, 6.07) is 5.48. The molecule has 0 saturated heterocycles. The zero-order chi connectivity index (χ0) is 37.3. The maximum Gasteiger partial charge on any atom is 0.320 e. The summed E-state index contributed by atoms with van der Waals surface area (Å²) in [7, 11) is 0. The molecule has 0 fully saturated rings. The van der Waals surface area contributed by atoms with Gasteiger partial charge in [0.25, 0.3) is 11.8 Å². The number of fused-ring (bicyclic) bond motifs is 2. The number of esters is 3. The summed E-state index contributed by atoms with van der Waals surface area (Å²) in [6.45, 7) is 18.7. The van der Waals surface area contributed by atoms with Crippen LogP contribution in [0, 0.1) is 0 Å². The van der Waals surface area contributed by atoms with E-state index >= 15 is 0 Å². The van der Waals surface area contributed by atoms with Crippen LogP contribution in [0.2, 0.25) is 0 Å². The lowest BCUT2D eigenvalue weighted by atomic mass is 10.1. The van der Waals surface area contributed by atoms with E-state index in [2.05, 4.69) is 0 Å². The van der Waals surface area contributed by atoms with E-state index in [4.69, 9.17) is 19.2 Å². The number of rotatable bonds is 11. The fraction of sp³-hybridized carbons (Fsp3) is 0.676. The van der Waals surface area contributed by atoms with Crippen LogP contribution in [0.1, 0.15) is 93.0 Å². The zero-order valence-electron chi connectivity index (χ0n) is 31.5. The highest BCUT2D eigenvalue weighted by atomic mass is 16.6. The molecule has 2 aliphatic rings. The Labute approximate surface area is 297 Å². The molecule has 2 aliphatic heterocycles. The van der Waals surface area contributed by atoms with E-state index in [1.807, 2.05) is 95.2 Å². The van der Waals surface area contributed by atoms with E-state index in [0.717, 1.165) is 11.4 Å². The van der Waals surface area contributed by atoms with Crippen molar-refractivity contribution in [3.63, 3.8) is 0 Å². The van der Waals surface area contributed by atoms with Gasteiger partial charge in [-0.2, -0.15) is 0 Å². The Hall–Kier alpha value is -3.68. The first-order valence-corrected chi connectivity index (χ1v) is 17.5. The van der Waals surface area contributed by atoms with Crippen molar-refractivity contribution in [2.75, 3.05) is 45.8 Å². The molecular weight excluding hydrogens is 642 g/mol. The first-order chi connectivity index (χ1) is 23.2. The van der Waals surface area contributed by atoms with Gasteiger partial charge in [0.15, 0.2) is 0 Å². The third-order valence-electron chi connectivity index (χ3n) is 7.70. The van der Waals surface area contributed by atoms with Crippen molar-refractivity contribution in [1.29, 1.82) is 0 Å². The van der Waals surface area contributed by atoms with Crippen molar-refractivity contribution in [2.24, 2.45) is 0 Å². The molecule has 1 unspecified atom stereocenters. The van der Waals surface area contributed by atoms with Crippen molar-refractivity contribution in [3.05, 3.63) is 41.7 Å². The van der Waals surface area contributed by atoms with Gasteiger partial charge >= 0.3 is 17.9 Å². The second-order valence-corrected chi connectivity index (χ2v) is 16.0. The maximum absolute atomic E-state index is 13.3. The summed E-state index contributed by atoms with van der Waals surface area (Å²) >= 11 is 0. The molecule has 13 heteroatoms. The molecule has 13 nitrogen and oxygen atoms in total. The molecule has 0 aliphatic carbocycles. The van der Waals surface area contributed by atoms with Gasteiger partial charge in [-0.25, -0.2) is 0 Å². The van der Waals surface area contributed by atoms with Gasteiger partial charge < -0.3 is 14.2 Å².